The number of anilines is 2. The fourth-order valence-corrected chi connectivity index (χ4v) is 2.50. The van der Waals surface area contributed by atoms with Gasteiger partial charge in [-0.3, -0.25) is 9.59 Å². The zero-order valence-corrected chi connectivity index (χ0v) is 14.9. The summed E-state index contributed by atoms with van der Waals surface area (Å²) in [7, 11) is -3.78. The maximum atomic E-state index is 11.9. The molecule has 4 N–H and O–H groups in total. The van der Waals surface area contributed by atoms with E-state index in [9.17, 15) is 18.0 Å². The van der Waals surface area contributed by atoms with Gasteiger partial charge in [0.1, 0.15) is 5.75 Å². The number of nitrogens with two attached hydrogens (primary N) is 1. The molecule has 2 aromatic carbocycles. The average Bonchev–Trinajstić information content (AvgIpc) is 2.60. The predicted molar refractivity (Wildman–Crippen MR) is 97.3 cm³/mol. The molecule has 138 valence electrons. The molecule has 0 aromatic heterocycles. The van der Waals surface area contributed by atoms with Crippen molar-refractivity contribution in [3.8, 4) is 5.75 Å². The summed E-state index contributed by atoms with van der Waals surface area (Å²) in [5, 5.41) is 10.3. The second kappa shape index (κ2) is 8.45. The number of ether oxygens (including phenoxy) is 1. The van der Waals surface area contributed by atoms with Crippen LogP contribution in [0.2, 0.25) is 0 Å². The van der Waals surface area contributed by atoms with E-state index in [2.05, 4.69) is 10.6 Å². The van der Waals surface area contributed by atoms with Crippen molar-refractivity contribution in [3.05, 3.63) is 48.5 Å². The monoisotopic (exact) mass is 377 g/mol. The van der Waals surface area contributed by atoms with Crippen molar-refractivity contribution in [2.24, 2.45) is 5.14 Å². The lowest BCUT2D eigenvalue weighted by molar-refractivity contribution is -0.118. The molecular weight excluding hydrogens is 358 g/mol. The molecular formula is C17H19N3O5S. The predicted octanol–water partition coefficient (Wildman–Crippen LogP) is 1.70. The number of carbonyl (C=O) groups excluding carboxylic acids is 2. The first-order chi connectivity index (χ1) is 12.3. The standard InChI is InChI=1S/C17H19N3O5S/c1-2-16(21)20-13-4-3-5-14(10-13)25-11-17(22)19-12-6-8-15(9-7-12)26(18,23)24/h3-10H,2,11H2,1H3,(H,19,22)(H,20,21)(H2,18,23,24). The van der Waals surface area contributed by atoms with Crippen molar-refractivity contribution in [1.82, 2.24) is 0 Å². The lowest BCUT2D eigenvalue weighted by Gasteiger charge is -2.09. The summed E-state index contributed by atoms with van der Waals surface area (Å²) >= 11 is 0. The SMILES string of the molecule is CCC(=O)Nc1cccc(OCC(=O)Nc2ccc(S(N)(=O)=O)cc2)c1. The number of rotatable bonds is 7. The van der Waals surface area contributed by atoms with Crippen LogP contribution in [0, 0.1) is 0 Å². The largest absolute Gasteiger partial charge is 0.484 e. The van der Waals surface area contributed by atoms with Crippen molar-refractivity contribution in [1.29, 1.82) is 0 Å². The van der Waals surface area contributed by atoms with Gasteiger partial charge in [-0.2, -0.15) is 0 Å². The summed E-state index contributed by atoms with van der Waals surface area (Å²) in [6, 6.07) is 12.1. The highest BCUT2D eigenvalue weighted by Gasteiger charge is 2.09. The number of nitrogens with one attached hydrogen (secondary N) is 2. The van der Waals surface area contributed by atoms with Crippen LogP contribution in [-0.2, 0) is 19.6 Å². The minimum atomic E-state index is -3.78. The highest BCUT2D eigenvalue weighted by atomic mass is 32.2. The molecule has 0 spiro atoms. The van der Waals surface area contributed by atoms with Gasteiger partial charge >= 0.3 is 0 Å². The van der Waals surface area contributed by atoms with Crippen LogP contribution < -0.4 is 20.5 Å². The van der Waals surface area contributed by atoms with Gasteiger partial charge in [-0.1, -0.05) is 13.0 Å². The Morgan fingerprint density at radius 3 is 2.27 bits per heavy atom. The first kappa shape index (κ1) is 19.4. The Morgan fingerprint density at radius 2 is 1.65 bits per heavy atom. The Hall–Kier alpha value is -2.91. The van der Waals surface area contributed by atoms with E-state index in [1.807, 2.05) is 0 Å². The molecule has 0 heterocycles. The molecule has 2 rings (SSSR count). The molecule has 0 atom stereocenters. The van der Waals surface area contributed by atoms with Gasteiger partial charge in [0.05, 0.1) is 4.90 Å². The molecule has 8 nitrogen and oxygen atoms in total. The summed E-state index contributed by atoms with van der Waals surface area (Å²) in [5.41, 5.74) is 0.989. The van der Waals surface area contributed by atoms with Gasteiger partial charge in [0, 0.05) is 23.9 Å². The second-order valence-corrected chi connectivity index (χ2v) is 6.90. The Morgan fingerprint density at radius 1 is 1.00 bits per heavy atom. The fraction of sp³-hybridized carbons (Fsp3) is 0.176. The Bertz CT molecular complexity index is 895. The third kappa shape index (κ3) is 5.87. The van der Waals surface area contributed by atoms with Gasteiger partial charge in [-0.15, -0.1) is 0 Å². The minimum Gasteiger partial charge on any atom is -0.484 e. The van der Waals surface area contributed by atoms with Crippen LogP contribution in [0.3, 0.4) is 0 Å². The number of amides is 2. The van der Waals surface area contributed by atoms with E-state index < -0.39 is 15.9 Å². The van der Waals surface area contributed by atoms with E-state index in [-0.39, 0.29) is 17.4 Å². The quantitative estimate of drug-likeness (QED) is 0.677. The maximum absolute atomic E-state index is 11.9. The van der Waals surface area contributed by atoms with Gasteiger partial charge in [-0.25, -0.2) is 13.6 Å². The molecule has 2 aromatic rings. The lowest BCUT2D eigenvalue weighted by Crippen LogP contribution is -2.20. The van der Waals surface area contributed by atoms with Crippen LogP contribution in [0.4, 0.5) is 11.4 Å². The average molecular weight is 377 g/mol. The number of sulfonamides is 1. The van der Waals surface area contributed by atoms with Crippen molar-refractivity contribution in [2.75, 3.05) is 17.2 Å². The zero-order chi connectivity index (χ0) is 19.2. The topological polar surface area (TPSA) is 128 Å². The molecule has 0 aliphatic carbocycles. The normalized spacial score (nSPS) is 10.8. The van der Waals surface area contributed by atoms with Gasteiger partial charge in [0.2, 0.25) is 15.9 Å². The van der Waals surface area contributed by atoms with E-state index in [0.717, 1.165) is 0 Å². The Balaban J connectivity index is 1.90. The molecule has 26 heavy (non-hydrogen) atoms. The number of hydrogen-bond donors (Lipinski definition) is 3. The molecule has 0 unspecified atom stereocenters. The summed E-state index contributed by atoms with van der Waals surface area (Å²) in [4.78, 5) is 23.3. The van der Waals surface area contributed by atoms with Crippen LogP contribution in [0.1, 0.15) is 13.3 Å². The summed E-state index contributed by atoms with van der Waals surface area (Å²) in [5.74, 6) is -0.113. The zero-order valence-electron chi connectivity index (χ0n) is 14.1. The third-order valence-corrected chi connectivity index (χ3v) is 4.20. The molecule has 0 bridgehead atoms. The van der Waals surface area contributed by atoms with Crippen LogP contribution in [-0.4, -0.2) is 26.8 Å². The number of benzene rings is 2. The molecule has 0 radical (unpaired) electrons. The first-order valence-corrected chi connectivity index (χ1v) is 9.28. The first-order valence-electron chi connectivity index (χ1n) is 7.73. The molecule has 9 heteroatoms. The molecule has 0 fully saturated rings. The molecule has 0 saturated heterocycles. The Kier molecular flexibility index (Phi) is 6.31. The van der Waals surface area contributed by atoms with Crippen LogP contribution in [0.15, 0.2) is 53.4 Å². The molecule has 0 aliphatic heterocycles. The summed E-state index contributed by atoms with van der Waals surface area (Å²) in [6.07, 6.45) is 0.359. The van der Waals surface area contributed by atoms with E-state index >= 15 is 0 Å². The molecule has 2 amide bonds. The van der Waals surface area contributed by atoms with Gasteiger partial charge in [0.15, 0.2) is 6.61 Å². The van der Waals surface area contributed by atoms with Gasteiger partial charge in [-0.05, 0) is 36.4 Å². The van der Waals surface area contributed by atoms with Gasteiger partial charge in [0.25, 0.3) is 5.91 Å². The number of hydrogen-bond acceptors (Lipinski definition) is 5. The van der Waals surface area contributed by atoms with E-state index in [1.165, 1.54) is 24.3 Å². The number of primary sulfonamides is 1. The van der Waals surface area contributed by atoms with Crippen molar-refractivity contribution in [3.63, 3.8) is 0 Å². The van der Waals surface area contributed by atoms with E-state index in [1.54, 1.807) is 31.2 Å². The smallest absolute Gasteiger partial charge is 0.262 e. The Labute approximate surface area is 151 Å². The second-order valence-electron chi connectivity index (χ2n) is 5.34. The summed E-state index contributed by atoms with van der Waals surface area (Å²) in [6.45, 7) is 1.50. The van der Waals surface area contributed by atoms with Crippen molar-refractivity contribution >= 4 is 33.2 Å². The minimum absolute atomic E-state index is 0.0438. The van der Waals surface area contributed by atoms with Crippen molar-refractivity contribution in [2.45, 2.75) is 18.2 Å². The lowest BCUT2D eigenvalue weighted by atomic mass is 10.3. The van der Waals surface area contributed by atoms with Crippen LogP contribution >= 0.6 is 0 Å². The number of carbonyl (C=O) groups is 2. The highest BCUT2D eigenvalue weighted by Crippen LogP contribution is 2.18. The van der Waals surface area contributed by atoms with Crippen LogP contribution in [0.25, 0.3) is 0 Å². The highest BCUT2D eigenvalue weighted by molar-refractivity contribution is 7.89. The van der Waals surface area contributed by atoms with E-state index in [0.29, 0.717) is 23.5 Å². The van der Waals surface area contributed by atoms with Crippen LogP contribution in [0.5, 0.6) is 5.75 Å². The van der Waals surface area contributed by atoms with Gasteiger partial charge < -0.3 is 15.4 Å². The fourth-order valence-electron chi connectivity index (χ4n) is 1.99. The molecule has 0 saturated carbocycles. The van der Waals surface area contributed by atoms with E-state index in [4.69, 9.17) is 9.88 Å². The maximum Gasteiger partial charge on any atom is 0.262 e. The summed E-state index contributed by atoms with van der Waals surface area (Å²) < 4.78 is 27.8. The molecule has 0 aliphatic rings. The third-order valence-electron chi connectivity index (χ3n) is 3.28. The van der Waals surface area contributed by atoms with Crippen molar-refractivity contribution < 1.29 is 22.7 Å².